The number of hydrogen-bond acceptors (Lipinski definition) is 3. The van der Waals surface area contributed by atoms with Crippen LogP contribution < -0.4 is 5.73 Å². The van der Waals surface area contributed by atoms with Crippen molar-refractivity contribution in [2.24, 2.45) is 5.73 Å². The van der Waals surface area contributed by atoms with E-state index in [4.69, 9.17) is 5.73 Å². The summed E-state index contributed by atoms with van der Waals surface area (Å²) in [5.74, 6) is 0.0856. The van der Waals surface area contributed by atoms with Crippen LogP contribution in [0.3, 0.4) is 0 Å². The molecule has 0 fully saturated rings. The second kappa shape index (κ2) is 3.04. The van der Waals surface area contributed by atoms with E-state index in [0.29, 0.717) is 6.42 Å². The van der Waals surface area contributed by atoms with Crippen LogP contribution in [0.2, 0.25) is 0 Å². The quantitative estimate of drug-likeness (QED) is 0.402. The molecule has 0 saturated heterocycles. The molecule has 42 valence electrons. The summed E-state index contributed by atoms with van der Waals surface area (Å²) in [6.45, 7) is 1.50. The van der Waals surface area contributed by atoms with E-state index < -0.39 is 0 Å². The molecule has 0 aliphatic heterocycles. The van der Waals surface area contributed by atoms with Gasteiger partial charge in [-0.1, -0.05) is 0 Å². The molecule has 7 heavy (non-hydrogen) atoms. The number of carbonyl (C=O) groups is 1. The summed E-state index contributed by atoms with van der Waals surface area (Å²) >= 11 is 3.79. The third kappa shape index (κ3) is 5.98. The van der Waals surface area contributed by atoms with Crippen molar-refractivity contribution in [1.29, 1.82) is 0 Å². The average molecular weight is 119 g/mol. The highest BCUT2D eigenvalue weighted by molar-refractivity contribution is 7.80. The van der Waals surface area contributed by atoms with Gasteiger partial charge in [-0.3, -0.25) is 4.79 Å². The minimum Gasteiger partial charge on any atom is -0.319 e. The molecule has 1 atom stereocenters. The SMILES string of the molecule is CC(=O)CC(N)S. The smallest absolute Gasteiger partial charge is 0.132 e. The van der Waals surface area contributed by atoms with Crippen LogP contribution in [0.4, 0.5) is 0 Å². The standard InChI is InChI=1S/C4H9NOS/c1-3(6)2-4(5)7/h4,7H,2,5H2,1H3. The first-order valence-corrected chi connectivity index (χ1v) is 2.57. The van der Waals surface area contributed by atoms with Crippen molar-refractivity contribution in [2.45, 2.75) is 18.7 Å². The van der Waals surface area contributed by atoms with Crippen molar-refractivity contribution < 1.29 is 4.79 Å². The molecule has 1 unspecified atom stereocenters. The molecule has 0 spiro atoms. The van der Waals surface area contributed by atoms with Gasteiger partial charge in [-0.2, -0.15) is 12.6 Å². The normalized spacial score (nSPS) is 13.6. The van der Waals surface area contributed by atoms with Crippen LogP contribution in [0.15, 0.2) is 0 Å². The molecule has 0 bridgehead atoms. The maximum Gasteiger partial charge on any atom is 0.132 e. The summed E-state index contributed by atoms with van der Waals surface area (Å²) in [5, 5.41) is -0.280. The molecule has 0 aliphatic rings. The molecule has 0 aromatic carbocycles. The Labute approximate surface area is 48.5 Å². The van der Waals surface area contributed by atoms with Gasteiger partial charge >= 0.3 is 0 Å². The van der Waals surface area contributed by atoms with E-state index in [2.05, 4.69) is 12.6 Å². The Bertz CT molecular complexity index is 72.1. The Kier molecular flexibility index (Phi) is 3.04. The van der Waals surface area contributed by atoms with Crippen LogP contribution in [-0.4, -0.2) is 11.2 Å². The third-order valence-corrected chi connectivity index (χ3v) is 0.679. The Hall–Kier alpha value is -0.0200. The van der Waals surface area contributed by atoms with E-state index >= 15 is 0 Å². The minimum absolute atomic E-state index is 0.0856. The average Bonchev–Trinajstić information content (AvgIpc) is 1.27. The number of thiol groups is 1. The van der Waals surface area contributed by atoms with Crippen molar-refractivity contribution in [3.63, 3.8) is 0 Å². The fraction of sp³-hybridized carbons (Fsp3) is 0.750. The zero-order valence-electron chi connectivity index (χ0n) is 4.22. The maximum atomic E-state index is 10.1. The molecule has 0 saturated carbocycles. The van der Waals surface area contributed by atoms with Gasteiger partial charge < -0.3 is 5.73 Å². The first-order valence-electron chi connectivity index (χ1n) is 2.06. The number of rotatable bonds is 2. The molecule has 0 aromatic heterocycles. The number of carbonyl (C=O) groups excluding carboxylic acids is 1. The molecule has 0 aliphatic carbocycles. The number of Topliss-reactive ketones (excluding diaryl/α,β-unsaturated/α-hetero) is 1. The Balaban J connectivity index is 3.13. The van der Waals surface area contributed by atoms with Crippen molar-refractivity contribution in [3.8, 4) is 0 Å². The van der Waals surface area contributed by atoms with E-state index in [1.54, 1.807) is 0 Å². The lowest BCUT2D eigenvalue weighted by Crippen LogP contribution is -2.14. The second-order valence-corrected chi connectivity index (χ2v) is 2.14. The minimum atomic E-state index is -0.280. The van der Waals surface area contributed by atoms with Crippen molar-refractivity contribution >= 4 is 18.4 Å². The highest BCUT2D eigenvalue weighted by Crippen LogP contribution is 1.91. The van der Waals surface area contributed by atoms with Gasteiger partial charge in [0.1, 0.15) is 5.78 Å². The summed E-state index contributed by atoms with van der Waals surface area (Å²) in [4.78, 5) is 10.1. The van der Waals surface area contributed by atoms with Crippen molar-refractivity contribution in [3.05, 3.63) is 0 Å². The van der Waals surface area contributed by atoms with Crippen LogP contribution in [0.5, 0.6) is 0 Å². The van der Waals surface area contributed by atoms with E-state index in [9.17, 15) is 4.79 Å². The molecular weight excluding hydrogens is 110 g/mol. The van der Waals surface area contributed by atoms with E-state index in [1.807, 2.05) is 0 Å². The monoisotopic (exact) mass is 119 g/mol. The number of nitrogens with two attached hydrogens (primary N) is 1. The molecule has 2 nitrogen and oxygen atoms in total. The summed E-state index contributed by atoms with van der Waals surface area (Å²) in [7, 11) is 0. The van der Waals surface area contributed by atoms with Crippen LogP contribution in [0.25, 0.3) is 0 Å². The summed E-state index contributed by atoms with van der Waals surface area (Å²) in [6, 6.07) is 0. The second-order valence-electron chi connectivity index (χ2n) is 1.47. The molecule has 0 heterocycles. The Morgan fingerprint density at radius 2 is 2.43 bits per heavy atom. The van der Waals surface area contributed by atoms with Crippen LogP contribution in [0.1, 0.15) is 13.3 Å². The fourth-order valence-corrected chi connectivity index (χ4v) is 0.552. The molecule has 2 N–H and O–H groups in total. The summed E-state index contributed by atoms with van der Waals surface area (Å²) in [5.41, 5.74) is 5.14. The van der Waals surface area contributed by atoms with Gasteiger partial charge in [-0.05, 0) is 6.92 Å². The third-order valence-electron chi connectivity index (χ3n) is 0.497. The molecule has 0 amide bonds. The van der Waals surface area contributed by atoms with E-state index in [1.165, 1.54) is 6.92 Å². The maximum absolute atomic E-state index is 10.1. The number of hydrogen-bond donors (Lipinski definition) is 2. The summed E-state index contributed by atoms with van der Waals surface area (Å²) < 4.78 is 0. The van der Waals surface area contributed by atoms with Gasteiger partial charge in [0.15, 0.2) is 0 Å². The van der Waals surface area contributed by atoms with E-state index in [-0.39, 0.29) is 11.2 Å². The topological polar surface area (TPSA) is 43.1 Å². The fourth-order valence-electron chi connectivity index (χ4n) is 0.295. The molecule has 3 heteroatoms. The zero-order chi connectivity index (χ0) is 5.86. The Morgan fingerprint density at radius 1 is 2.00 bits per heavy atom. The first kappa shape index (κ1) is 6.98. The lowest BCUT2D eigenvalue weighted by atomic mass is 10.3. The van der Waals surface area contributed by atoms with Crippen LogP contribution in [-0.2, 0) is 4.79 Å². The molecular formula is C4H9NOS. The zero-order valence-corrected chi connectivity index (χ0v) is 5.11. The van der Waals surface area contributed by atoms with Gasteiger partial charge in [0.2, 0.25) is 0 Å². The highest BCUT2D eigenvalue weighted by atomic mass is 32.1. The lowest BCUT2D eigenvalue weighted by molar-refractivity contribution is -0.116. The van der Waals surface area contributed by atoms with Crippen molar-refractivity contribution in [1.82, 2.24) is 0 Å². The van der Waals surface area contributed by atoms with Gasteiger partial charge in [-0.25, -0.2) is 0 Å². The predicted molar refractivity (Wildman–Crippen MR) is 32.3 cm³/mol. The largest absolute Gasteiger partial charge is 0.319 e. The van der Waals surface area contributed by atoms with Gasteiger partial charge in [0.05, 0.1) is 5.37 Å². The van der Waals surface area contributed by atoms with Gasteiger partial charge in [0.25, 0.3) is 0 Å². The van der Waals surface area contributed by atoms with Crippen LogP contribution >= 0.6 is 12.6 Å². The first-order chi connectivity index (χ1) is 3.13. The van der Waals surface area contributed by atoms with Gasteiger partial charge in [0, 0.05) is 6.42 Å². The Morgan fingerprint density at radius 3 is 2.43 bits per heavy atom. The highest BCUT2D eigenvalue weighted by Gasteiger charge is 1.96. The molecule has 0 radical (unpaired) electrons. The number of ketones is 1. The van der Waals surface area contributed by atoms with Gasteiger partial charge in [-0.15, -0.1) is 0 Å². The predicted octanol–water partition coefficient (Wildman–Crippen LogP) is 0.180. The molecule has 0 aromatic rings. The lowest BCUT2D eigenvalue weighted by Gasteiger charge is -1.95. The van der Waals surface area contributed by atoms with Crippen LogP contribution in [0, 0.1) is 0 Å². The van der Waals surface area contributed by atoms with E-state index in [0.717, 1.165) is 0 Å². The summed E-state index contributed by atoms with van der Waals surface area (Å²) in [6.07, 6.45) is 0.364. The molecule has 0 rings (SSSR count). The van der Waals surface area contributed by atoms with Crippen molar-refractivity contribution in [2.75, 3.05) is 0 Å².